The van der Waals surface area contributed by atoms with Crippen LogP contribution in [0.15, 0.2) is 24.3 Å². The van der Waals surface area contributed by atoms with Gasteiger partial charge >= 0.3 is 0 Å². The van der Waals surface area contributed by atoms with Gasteiger partial charge in [0.25, 0.3) is 0 Å². The van der Waals surface area contributed by atoms with E-state index in [4.69, 9.17) is 22.0 Å². The van der Waals surface area contributed by atoms with Crippen LogP contribution >= 0.6 is 21.6 Å². The Balaban J connectivity index is 2.07. The summed E-state index contributed by atoms with van der Waals surface area (Å²) in [5, 5.41) is 20.1. The van der Waals surface area contributed by atoms with Crippen LogP contribution < -0.4 is 54.9 Å². The van der Waals surface area contributed by atoms with Gasteiger partial charge in [-0.15, -0.1) is 0 Å². The third kappa shape index (κ3) is 20.6. The van der Waals surface area contributed by atoms with Gasteiger partial charge in [-0.2, -0.15) is 0 Å². The molecule has 1 aromatic carbocycles. The van der Waals surface area contributed by atoms with E-state index in [1.54, 1.807) is 27.7 Å². The summed E-state index contributed by atoms with van der Waals surface area (Å²) in [6.45, 7) is 6.09. The fourth-order valence-corrected chi connectivity index (χ4v) is 9.68. The van der Waals surface area contributed by atoms with E-state index in [0.29, 0.717) is 31.4 Å². The number of phenols is 1. The third-order valence-corrected chi connectivity index (χ3v) is 14.0. The summed E-state index contributed by atoms with van der Waals surface area (Å²) in [5.74, 6) is -5.41. The summed E-state index contributed by atoms with van der Waals surface area (Å²) in [4.78, 5) is 149. The number of carbonyl (C=O) groups is 11. The monoisotopic (exact) mass is 1040 g/mol. The van der Waals surface area contributed by atoms with Crippen molar-refractivity contribution in [1.82, 2.24) is 42.4 Å². The van der Waals surface area contributed by atoms with Gasteiger partial charge in [-0.1, -0.05) is 67.8 Å². The minimum atomic E-state index is -1.73. The molecule has 14 N–H and O–H groups in total. The van der Waals surface area contributed by atoms with Crippen LogP contribution in [-0.2, 0) is 63.9 Å². The van der Waals surface area contributed by atoms with Crippen molar-refractivity contribution in [3.05, 3.63) is 29.8 Å². The predicted molar refractivity (Wildman–Crippen MR) is 262 cm³/mol. The molecule has 0 aromatic heterocycles. The standard InChI is InChI=1S/C45H69N11O13S2/c1-5-25(4)39-42(65)41(64)31(18-26-8-10-27(57)11-9-26)50-37(61)14-16-70-71-23-33(53-44(67)32(19-36(47)60)52-43(66)29(54-55-39)12-13-35(46)59)45(68)56(21-28-7-6-15-69-28)22-38(62)51-30(17-24(2)3)40(63)34(58)20-49-48/h8-11,24-25,28-33,39,49,54-55,57H,5-7,12-23,48H2,1-4H3,(H2,46,59)(H2,47,60)(H,50,61)(H,51,62)(H,52,66)(H,53,67)/t25-,28?,29-,30-,31-,32-,33-,39?/m0/s1. The second kappa shape index (κ2) is 30.4. The molecule has 0 bridgehead atoms. The second-order valence-corrected chi connectivity index (χ2v) is 20.5. The first-order valence-corrected chi connectivity index (χ1v) is 25.9. The van der Waals surface area contributed by atoms with Crippen molar-refractivity contribution in [2.45, 2.75) is 128 Å². The minimum Gasteiger partial charge on any atom is -0.508 e. The van der Waals surface area contributed by atoms with Crippen molar-refractivity contribution in [2.75, 3.05) is 37.7 Å². The van der Waals surface area contributed by atoms with Crippen LogP contribution in [0, 0.1) is 11.8 Å². The van der Waals surface area contributed by atoms with E-state index in [9.17, 15) is 57.8 Å². The highest BCUT2D eigenvalue weighted by atomic mass is 33.1. The Kier molecular flexibility index (Phi) is 25.6. The van der Waals surface area contributed by atoms with Crippen LogP contribution in [0.25, 0.3) is 0 Å². The molecule has 0 spiro atoms. The highest BCUT2D eigenvalue weighted by Gasteiger charge is 2.38. The number of hydrazine groups is 2. The number of phenolic OH excluding ortho intramolecular Hbond substituents is 1. The van der Waals surface area contributed by atoms with Crippen molar-refractivity contribution in [1.29, 1.82) is 0 Å². The average molecular weight is 1040 g/mol. The number of amides is 7. The van der Waals surface area contributed by atoms with E-state index in [1.807, 2.05) is 0 Å². The van der Waals surface area contributed by atoms with Gasteiger partial charge in [0, 0.05) is 43.9 Å². The zero-order valence-corrected chi connectivity index (χ0v) is 42.1. The molecule has 2 aliphatic rings. The quantitative estimate of drug-likeness (QED) is 0.0262. The molecule has 2 saturated heterocycles. The smallest absolute Gasteiger partial charge is 0.246 e. The Labute approximate surface area is 420 Å². The molecular weight excluding hydrogens is 967 g/mol. The maximum Gasteiger partial charge on any atom is 0.246 e. The van der Waals surface area contributed by atoms with Gasteiger partial charge in [0.2, 0.25) is 64.5 Å². The van der Waals surface area contributed by atoms with E-state index >= 15 is 0 Å². The number of primary amides is 2. The molecular formula is C45H69N11O13S2. The summed E-state index contributed by atoms with van der Waals surface area (Å²) >= 11 is 0. The van der Waals surface area contributed by atoms with Gasteiger partial charge in [0.15, 0.2) is 0 Å². The number of nitrogens with zero attached hydrogens (tertiary/aromatic N) is 1. The normalized spacial score (nSPS) is 23.1. The number of benzene rings is 1. The van der Waals surface area contributed by atoms with Gasteiger partial charge in [-0.25, -0.2) is 10.9 Å². The zero-order valence-electron chi connectivity index (χ0n) is 40.5. The highest BCUT2D eigenvalue weighted by Crippen LogP contribution is 2.25. The number of aromatic hydroxyl groups is 1. The molecule has 0 aliphatic carbocycles. The van der Waals surface area contributed by atoms with E-state index in [1.165, 1.54) is 24.3 Å². The first-order chi connectivity index (χ1) is 33.6. The average Bonchev–Trinajstić information content (AvgIpc) is 3.83. The van der Waals surface area contributed by atoms with Crippen LogP contribution in [0.1, 0.15) is 84.6 Å². The molecule has 2 aliphatic heterocycles. The van der Waals surface area contributed by atoms with Gasteiger partial charge in [0.1, 0.15) is 23.9 Å². The van der Waals surface area contributed by atoms with E-state index < -0.39 is 132 Å². The lowest BCUT2D eigenvalue weighted by Gasteiger charge is -2.31. The Morgan fingerprint density at radius 3 is 2.18 bits per heavy atom. The number of hydrogen-bond donors (Lipinski definition) is 11. The number of hydrogen-bond acceptors (Lipinski definition) is 19. The van der Waals surface area contributed by atoms with Crippen LogP contribution in [0.5, 0.6) is 5.75 Å². The summed E-state index contributed by atoms with van der Waals surface area (Å²) in [6.07, 6.45) is -0.701. The first-order valence-electron chi connectivity index (χ1n) is 23.4. The van der Waals surface area contributed by atoms with E-state index in [0.717, 1.165) is 26.5 Å². The van der Waals surface area contributed by atoms with E-state index in [2.05, 4.69) is 37.5 Å². The van der Waals surface area contributed by atoms with Crippen LogP contribution in [0.3, 0.4) is 0 Å². The molecule has 71 heavy (non-hydrogen) atoms. The second-order valence-electron chi connectivity index (χ2n) is 17.8. The largest absolute Gasteiger partial charge is 0.508 e. The number of carbonyl (C=O) groups excluding carboxylic acids is 11. The topological polar surface area (TPSA) is 383 Å². The summed E-state index contributed by atoms with van der Waals surface area (Å²) < 4.78 is 5.79. The number of nitrogens with two attached hydrogens (primary N) is 3. The number of rotatable bonds is 21. The maximum absolute atomic E-state index is 14.7. The number of ether oxygens (including phenoxy) is 1. The molecule has 8 atom stereocenters. The minimum absolute atomic E-state index is 0.0482. The fourth-order valence-electron chi connectivity index (χ4n) is 7.53. The van der Waals surface area contributed by atoms with Gasteiger partial charge in [-0.05, 0) is 55.2 Å². The molecule has 2 fully saturated rings. The molecule has 7 amide bonds. The van der Waals surface area contributed by atoms with Crippen molar-refractivity contribution in [3.63, 3.8) is 0 Å². The zero-order chi connectivity index (χ0) is 52.8. The molecule has 0 radical (unpaired) electrons. The van der Waals surface area contributed by atoms with Crippen LogP contribution in [0.4, 0.5) is 0 Å². The van der Waals surface area contributed by atoms with Gasteiger partial charge < -0.3 is 47.5 Å². The third-order valence-electron chi connectivity index (χ3n) is 11.5. The predicted octanol–water partition coefficient (Wildman–Crippen LogP) is -2.53. The molecule has 3 rings (SSSR count). The molecule has 394 valence electrons. The fraction of sp³-hybridized carbons (Fsp3) is 0.622. The Bertz CT molecular complexity index is 2060. The van der Waals surface area contributed by atoms with Crippen molar-refractivity contribution in [3.8, 4) is 5.75 Å². The first kappa shape index (κ1) is 59.8. The highest BCUT2D eigenvalue weighted by molar-refractivity contribution is 8.76. The number of nitrogens with one attached hydrogen (secondary N) is 7. The van der Waals surface area contributed by atoms with Crippen LogP contribution in [0.2, 0.25) is 0 Å². The van der Waals surface area contributed by atoms with Crippen molar-refractivity contribution < 1.29 is 62.6 Å². The van der Waals surface area contributed by atoms with Gasteiger partial charge in [-0.3, -0.25) is 64.0 Å². The SMILES string of the molecule is CC[C@H](C)C1NN[C@@H](CCC(N)=O)C(=O)N[C@@H](CC(N)=O)C(=O)N[C@H](C(=O)N(CC(=O)N[C@@H](CC(C)C)C(=O)C(=O)CNN)CC2CCCO2)CSSCCC(=O)N[C@@H](Cc2ccc(O)cc2)C(=O)C1=O. The van der Waals surface area contributed by atoms with Crippen molar-refractivity contribution >= 4 is 86.1 Å². The number of Topliss-reactive ketones (excluding diaryl/α,β-unsaturated/α-hetero) is 4. The molecule has 2 heterocycles. The Morgan fingerprint density at radius 2 is 1.58 bits per heavy atom. The summed E-state index contributed by atoms with van der Waals surface area (Å²) in [6, 6.07) is -2.75. The van der Waals surface area contributed by atoms with Crippen LogP contribution in [-0.4, -0.2) is 155 Å². The summed E-state index contributed by atoms with van der Waals surface area (Å²) in [5.41, 5.74) is 19.1. The Morgan fingerprint density at radius 1 is 0.887 bits per heavy atom. The maximum atomic E-state index is 14.7. The van der Waals surface area contributed by atoms with E-state index in [-0.39, 0.29) is 61.8 Å². The molecule has 2 unspecified atom stereocenters. The molecule has 1 aromatic rings. The summed E-state index contributed by atoms with van der Waals surface area (Å²) in [7, 11) is 2.16. The molecule has 0 saturated carbocycles. The lowest BCUT2D eigenvalue weighted by Crippen LogP contribution is -2.62. The lowest BCUT2D eigenvalue weighted by molar-refractivity contribution is -0.142. The molecule has 26 heteroatoms. The lowest BCUT2D eigenvalue weighted by atomic mass is 9.90. The van der Waals surface area contributed by atoms with Crippen molar-refractivity contribution in [2.24, 2.45) is 29.1 Å². The van der Waals surface area contributed by atoms with Gasteiger partial charge in [0.05, 0.1) is 43.7 Å². The molecule has 24 nitrogen and oxygen atoms in total. The number of ketones is 4. The Hall–Kier alpha value is -5.51.